The van der Waals surface area contributed by atoms with Gasteiger partial charge in [-0.3, -0.25) is 0 Å². The third kappa shape index (κ3) is 4.79. The molecule has 2 N–H and O–H groups in total. The average Bonchev–Trinajstić information content (AvgIpc) is 2.89. The predicted octanol–water partition coefficient (Wildman–Crippen LogP) is 3.93. The lowest BCUT2D eigenvalue weighted by Crippen LogP contribution is -2.30. The predicted molar refractivity (Wildman–Crippen MR) is 80.5 cm³/mol. The van der Waals surface area contributed by atoms with Crippen LogP contribution in [0.25, 0.3) is 0 Å². The van der Waals surface area contributed by atoms with Crippen LogP contribution < -0.4 is 5.32 Å². The van der Waals surface area contributed by atoms with Crippen LogP contribution in [0.5, 0.6) is 0 Å². The first-order valence-electron chi connectivity index (χ1n) is 7.32. The molecule has 0 spiro atoms. The Bertz CT molecular complexity index is 373. The summed E-state index contributed by atoms with van der Waals surface area (Å²) >= 11 is 5.88. The highest BCUT2D eigenvalue weighted by Gasteiger charge is 2.19. The summed E-state index contributed by atoms with van der Waals surface area (Å²) in [6, 6.07) is 8.12. The number of halogens is 1. The Labute approximate surface area is 121 Å². The van der Waals surface area contributed by atoms with E-state index in [4.69, 9.17) is 11.6 Å². The summed E-state index contributed by atoms with van der Waals surface area (Å²) in [5.74, 6) is 0.739. The zero-order valence-corrected chi connectivity index (χ0v) is 12.4. The highest BCUT2D eigenvalue weighted by atomic mass is 35.5. The zero-order chi connectivity index (χ0) is 13.7. The Balaban J connectivity index is 1.73. The fraction of sp³-hybridized carbons (Fsp3) is 0.625. The number of benzene rings is 1. The molecule has 19 heavy (non-hydrogen) atoms. The van der Waals surface area contributed by atoms with Crippen molar-refractivity contribution in [2.45, 2.75) is 51.2 Å². The van der Waals surface area contributed by atoms with Gasteiger partial charge < -0.3 is 10.4 Å². The molecular weight excluding hydrogens is 258 g/mol. The molecule has 0 saturated heterocycles. The molecule has 1 aromatic carbocycles. The lowest BCUT2D eigenvalue weighted by molar-refractivity contribution is 0.137. The molecule has 1 aliphatic rings. The molecule has 106 valence electrons. The van der Waals surface area contributed by atoms with E-state index < -0.39 is 0 Å². The van der Waals surface area contributed by atoms with Crippen LogP contribution in [-0.2, 0) is 0 Å². The smallest absolute Gasteiger partial charge is 0.0667 e. The van der Waals surface area contributed by atoms with E-state index in [0.717, 1.165) is 17.4 Å². The van der Waals surface area contributed by atoms with E-state index in [-0.39, 0.29) is 12.1 Å². The third-order valence-electron chi connectivity index (χ3n) is 4.11. The number of rotatable bonds is 6. The van der Waals surface area contributed by atoms with Crippen molar-refractivity contribution >= 4 is 11.6 Å². The monoisotopic (exact) mass is 281 g/mol. The Morgan fingerprint density at radius 3 is 2.53 bits per heavy atom. The molecule has 0 heterocycles. The van der Waals surface area contributed by atoms with Gasteiger partial charge in [0.1, 0.15) is 0 Å². The minimum absolute atomic E-state index is 0.224. The summed E-state index contributed by atoms with van der Waals surface area (Å²) in [7, 11) is 0. The normalized spacial score (nSPS) is 19.5. The molecule has 2 rings (SSSR count). The number of nitrogens with one attached hydrogen (secondary N) is 1. The standard InChI is InChI=1S/C16H24ClNO/c1-12(14-6-8-15(17)9-7-14)18-11-16(19)10-13-4-2-3-5-13/h6-9,12-13,16,18-19H,2-5,10-11H2,1H3. The summed E-state index contributed by atoms with van der Waals surface area (Å²) < 4.78 is 0. The maximum atomic E-state index is 10.1. The van der Waals surface area contributed by atoms with Crippen LogP contribution in [0.2, 0.25) is 5.02 Å². The molecule has 0 bridgehead atoms. The number of hydrogen-bond acceptors (Lipinski definition) is 2. The quantitative estimate of drug-likeness (QED) is 0.828. The van der Waals surface area contributed by atoms with Gasteiger partial charge in [-0.15, -0.1) is 0 Å². The first-order chi connectivity index (χ1) is 9.15. The lowest BCUT2D eigenvalue weighted by Gasteiger charge is -2.19. The van der Waals surface area contributed by atoms with Crippen LogP contribution in [0.4, 0.5) is 0 Å². The van der Waals surface area contributed by atoms with E-state index in [1.807, 2.05) is 24.3 Å². The Kier molecular flexibility index (Phi) is 5.68. The second-order valence-electron chi connectivity index (χ2n) is 5.72. The molecule has 2 unspecified atom stereocenters. The highest BCUT2D eigenvalue weighted by Crippen LogP contribution is 2.28. The van der Waals surface area contributed by atoms with Gasteiger partial charge in [0.05, 0.1) is 6.10 Å². The zero-order valence-electron chi connectivity index (χ0n) is 11.6. The number of aliphatic hydroxyl groups excluding tert-OH is 1. The molecule has 2 nitrogen and oxygen atoms in total. The molecule has 1 saturated carbocycles. The molecule has 0 aromatic heterocycles. The van der Waals surface area contributed by atoms with Crippen molar-refractivity contribution in [2.24, 2.45) is 5.92 Å². The molecule has 1 aromatic rings. The van der Waals surface area contributed by atoms with Gasteiger partial charge in [-0.25, -0.2) is 0 Å². The molecule has 0 aliphatic heterocycles. The molecular formula is C16H24ClNO. The largest absolute Gasteiger partial charge is 0.392 e. The topological polar surface area (TPSA) is 32.3 Å². The molecule has 1 fully saturated rings. The highest BCUT2D eigenvalue weighted by molar-refractivity contribution is 6.30. The second-order valence-corrected chi connectivity index (χ2v) is 6.16. The first-order valence-corrected chi connectivity index (χ1v) is 7.70. The Morgan fingerprint density at radius 2 is 1.89 bits per heavy atom. The van der Waals surface area contributed by atoms with Crippen molar-refractivity contribution in [3.8, 4) is 0 Å². The van der Waals surface area contributed by atoms with Crippen LogP contribution in [0, 0.1) is 5.92 Å². The van der Waals surface area contributed by atoms with Gasteiger partial charge in [0.15, 0.2) is 0 Å². The SMILES string of the molecule is CC(NCC(O)CC1CCCC1)c1ccc(Cl)cc1. The van der Waals surface area contributed by atoms with Gasteiger partial charge in [-0.05, 0) is 37.0 Å². The van der Waals surface area contributed by atoms with E-state index in [1.54, 1.807) is 0 Å². The van der Waals surface area contributed by atoms with Crippen molar-refractivity contribution in [1.82, 2.24) is 5.32 Å². The van der Waals surface area contributed by atoms with E-state index in [9.17, 15) is 5.11 Å². The Morgan fingerprint density at radius 1 is 1.26 bits per heavy atom. The lowest BCUT2D eigenvalue weighted by atomic mass is 10.00. The molecule has 0 amide bonds. The van der Waals surface area contributed by atoms with Crippen molar-refractivity contribution in [1.29, 1.82) is 0 Å². The summed E-state index contributed by atoms with van der Waals surface area (Å²) in [4.78, 5) is 0. The summed E-state index contributed by atoms with van der Waals surface area (Å²) in [6.45, 7) is 2.78. The van der Waals surface area contributed by atoms with Gasteiger partial charge in [-0.2, -0.15) is 0 Å². The summed E-state index contributed by atoms with van der Waals surface area (Å²) in [6.07, 6.45) is 5.99. The third-order valence-corrected chi connectivity index (χ3v) is 4.36. The fourth-order valence-corrected chi connectivity index (χ4v) is 3.02. The van der Waals surface area contributed by atoms with Gasteiger partial charge in [-0.1, -0.05) is 49.4 Å². The minimum atomic E-state index is -0.224. The maximum absolute atomic E-state index is 10.1. The van der Waals surface area contributed by atoms with Gasteiger partial charge >= 0.3 is 0 Å². The van der Waals surface area contributed by atoms with Crippen molar-refractivity contribution < 1.29 is 5.11 Å². The summed E-state index contributed by atoms with van der Waals surface area (Å²) in [5, 5.41) is 14.2. The van der Waals surface area contributed by atoms with Crippen LogP contribution in [0.3, 0.4) is 0 Å². The van der Waals surface area contributed by atoms with E-state index in [2.05, 4.69) is 12.2 Å². The summed E-state index contributed by atoms with van der Waals surface area (Å²) in [5.41, 5.74) is 1.21. The Hall–Kier alpha value is -0.570. The van der Waals surface area contributed by atoms with E-state index >= 15 is 0 Å². The van der Waals surface area contributed by atoms with Crippen LogP contribution >= 0.6 is 11.6 Å². The van der Waals surface area contributed by atoms with Gasteiger partial charge in [0.25, 0.3) is 0 Å². The van der Waals surface area contributed by atoms with Crippen molar-refractivity contribution in [2.75, 3.05) is 6.54 Å². The fourth-order valence-electron chi connectivity index (χ4n) is 2.90. The van der Waals surface area contributed by atoms with E-state index in [1.165, 1.54) is 31.2 Å². The number of hydrogen-bond donors (Lipinski definition) is 2. The van der Waals surface area contributed by atoms with Crippen LogP contribution in [-0.4, -0.2) is 17.8 Å². The van der Waals surface area contributed by atoms with Crippen LogP contribution in [0.15, 0.2) is 24.3 Å². The average molecular weight is 282 g/mol. The first kappa shape index (κ1) is 14.8. The van der Waals surface area contributed by atoms with Gasteiger partial charge in [0, 0.05) is 17.6 Å². The molecule has 2 atom stereocenters. The van der Waals surface area contributed by atoms with E-state index in [0.29, 0.717) is 6.54 Å². The van der Waals surface area contributed by atoms with Crippen molar-refractivity contribution in [3.63, 3.8) is 0 Å². The minimum Gasteiger partial charge on any atom is -0.392 e. The molecule has 0 radical (unpaired) electrons. The van der Waals surface area contributed by atoms with Crippen molar-refractivity contribution in [3.05, 3.63) is 34.9 Å². The molecule has 1 aliphatic carbocycles. The maximum Gasteiger partial charge on any atom is 0.0667 e. The van der Waals surface area contributed by atoms with Gasteiger partial charge in [0.2, 0.25) is 0 Å². The van der Waals surface area contributed by atoms with Crippen LogP contribution in [0.1, 0.15) is 50.6 Å². The second kappa shape index (κ2) is 7.28. The molecule has 3 heteroatoms. The number of aliphatic hydroxyl groups is 1.